The van der Waals surface area contributed by atoms with E-state index in [0.29, 0.717) is 21.3 Å². The largest absolute Gasteiger partial charge is 0.394 e. The fourth-order valence-electron chi connectivity index (χ4n) is 4.30. The van der Waals surface area contributed by atoms with E-state index in [1.165, 1.54) is 35.9 Å². The van der Waals surface area contributed by atoms with Gasteiger partial charge in [0.15, 0.2) is 17.5 Å². The minimum atomic E-state index is -1.60. The van der Waals surface area contributed by atoms with E-state index in [1.54, 1.807) is 24.4 Å². The van der Waals surface area contributed by atoms with Crippen LogP contribution >= 0.6 is 23.4 Å². The standard InChI is InChI=1S/C25H21ClF3N5O4S/c1-37-24-22(34-10-17(32-33-34)12-6-14(27)20(29)15(28)7-12)23(36)18(11-35)38-25(24)39-19-8-13(26)9-31-21(19)16-4-2-3-5-30-16/h2-10,18,22-25,35-36H,11H2,1H3. The first-order valence-electron chi connectivity index (χ1n) is 11.6. The van der Waals surface area contributed by atoms with E-state index in [1.807, 2.05) is 6.07 Å². The van der Waals surface area contributed by atoms with Crippen molar-refractivity contribution in [2.24, 2.45) is 0 Å². The number of pyridine rings is 2. The normalized spacial score (nSPS) is 23.2. The fraction of sp³-hybridized carbons (Fsp3) is 0.280. The Bertz CT molecular complexity index is 1440. The van der Waals surface area contributed by atoms with Crippen LogP contribution in [0.15, 0.2) is 59.9 Å². The minimum absolute atomic E-state index is 0.0302. The Morgan fingerprint density at radius 2 is 1.90 bits per heavy atom. The SMILES string of the molecule is COC1C(Sc2cc(Cl)cnc2-c2ccccn2)OC(CO)C(O)C1n1cc(-c2cc(F)c(F)c(F)c2)nn1. The molecule has 0 amide bonds. The Hall–Kier alpha value is -3.07. The summed E-state index contributed by atoms with van der Waals surface area (Å²) in [7, 11) is 1.42. The molecule has 2 N–H and O–H groups in total. The summed E-state index contributed by atoms with van der Waals surface area (Å²) in [4.78, 5) is 9.39. The molecule has 1 aliphatic heterocycles. The van der Waals surface area contributed by atoms with E-state index >= 15 is 0 Å². The lowest BCUT2D eigenvalue weighted by Crippen LogP contribution is -2.55. The van der Waals surface area contributed by atoms with Crippen LogP contribution in [0.2, 0.25) is 5.02 Å². The second kappa shape index (κ2) is 11.6. The molecule has 5 unspecified atom stereocenters. The van der Waals surface area contributed by atoms with Gasteiger partial charge >= 0.3 is 0 Å². The monoisotopic (exact) mass is 579 g/mol. The average molecular weight is 580 g/mol. The Balaban J connectivity index is 1.50. The van der Waals surface area contributed by atoms with Crippen molar-refractivity contribution in [3.05, 3.63) is 77.5 Å². The minimum Gasteiger partial charge on any atom is -0.394 e. The van der Waals surface area contributed by atoms with Gasteiger partial charge in [-0.2, -0.15) is 0 Å². The highest BCUT2D eigenvalue weighted by Gasteiger charge is 2.47. The van der Waals surface area contributed by atoms with Crippen molar-refractivity contribution in [3.63, 3.8) is 0 Å². The van der Waals surface area contributed by atoms with Crippen LogP contribution in [-0.4, -0.2) is 72.6 Å². The summed E-state index contributed by atoms with van der Waals surface area (Å²) in [6.45, 7) is -0.526. The molecular formula is C25H21ClF3N5O4S. The molecule has 4 aromatic rings. The number of benzene rings is 1. The maximum atomic E-state index is 13.8. The van der Waals surface area contributed by atoms with E-state index in [9.17, 15) is 23.4 Å². The maximum Gasteiger partial charge on any atom is 0.194 e. The molecule has 4 heterocycles. The maximum absolute atomic E-state index is 13.8. The lowest BCUT2D eigenvalue weighted by atomic mass is 9.97. The summed E-state index contributed by atoms with van der Waals surface area (Å²) in [6, 6.07) is 7.71. The van der Waals surface area contributed by atoms with Crippen LogP contribution in [0.1, 0.15) is 6.04 Å². The number of hydrogen-bond donors (Lipinski definition) is 2. The van der Waals surface area contributed by atoms with Crippen LogP contribution in [0.5, 0.6) is 0 Å². The van der Waals surface area contributed by atoms with Gasteiger partial charge in [-0.05, 0) is 30.3 Å². The summed E-state index contributed by atoms with van der Waals surface area (Å²) in [5.74, 6) is -4.36. The molecule has 9 nitrogen and oxygen atoms in total. The number of aromatic nitrogens is 5. The third-order valence-electron chi connectivity index (χ3n) is 6.16. The van der Waals surface area contributed by atoms with Crippen LogP contribution < -0.4 is 0 Å². The number of ether oxygens (including phenoxy) is 2. The molecule has 14 heteroatoms. The second-order valence-electron chi connectivity index (χ2n) is 8.58. The second-order valence-corrected chi connectivity index (χ2v) is 10.2. The molecule has 1 saturated heterocycles. The third kappa shape index (κ3) is 5.51. The van der Waals surface area contributed by atoms with Gasteiger partial charge in [0, 0.05) is 30.0 Å². The molecule has 0 saturated carbocycles. The van der Waals surface area contributed by atoms with Crippen LogP contribution in [0, 0.1) is 17.5 Å². The lowest BCUT2D eigenvalue weighted by Gasteiger charge is -2.43. The molecule has 5 atom stereocenters. The third-order valence-corrected chi connectivity index (χ3v) is 7.55. The van der Waals surface area contributed by atoms with Gasteiger partial charge in [0.2, 0.25) is 0 Å². The van der Waals surface area contributed by atoms with E-state index < -0.39 is 53.8 Å². The summed E-state index contributed by atoms with van der Waals surface area (Å²) in [6.07, 6.45) is 1.25. The summed E-state index contributed by atoms with van der Waals surface area (Å²) < 4.78 is 54.1. The zero-order valence-electron chi connectivity index (χ0n) is 20.2. The van der Waals surface area contributed by atoms with Crippen molar-refractivity contribution in [2.75, 3.05) is 13.7 Å². The molecule has 5 rings (SSSR count). The van der Waals surface area contributed by atoms with Crippen molar-refractivity contribution in [1.82, 2.24) is 25.0 Å². The van der Waals surface area contributed by atoms with Crippen LogP contribution in [-0.2, 0) is 9.47 Å². The highest BCUT2D eigenvalue weighted by Crippen LogP contribution is 2.42. The van der Waals surface area contributed by atoms with Gasteiger partial charge in [0.05, 0.1) is 23.5 Å². The first-order chi connectivity index (χ1) is 18.8. The number of halogens is 4. The Morgan fingerprint density at radius 1 is 1.13 bits per heavy atom. The number of methoxy groups -OCH3 is 1. The highest BCUT2D eigenvalue weighted by atomic mass is 35.5. The number of nitrogens with zero attached hydrogens (tertiary/aromatic N) is 5. The van der Waals surface area contributed by atoms with Crippen molar-refractivity contribution in [3.8, 4) is 22.6 Å². The zero-order chi connectivity index (χ0) is 27.7. The predicted molar refractivity (Wildman–Crippen MR) is 135 cm³/mol. The van der Waals surface area contributed by atoms with E-state index in [0.717, 1.165) is 12.1 Å². The van der Waals surface area contributed by atoms with Gasteiger partial charge in [0.25, 0.3) is 0 Å². The number of thioether (sulfide) groups is 1. The van der Waals surface area contributed by atoms with Gasteiger partial charge in [-0.15, -0.1) is 5.10 Å². The zero-order valence-corrected chi connectivity index (χ0v) is 21.7. The number of aliphatic hydroxyl groups is 2. The molecule has 0 bridgehead atoms. The topological polar surface area (TPSA) is 115 Å². The number of hydrogen-bond acceptors (Lipinski definition) is 9. The Kier molecular flexibility index (Phi) is 8.16. The molecule has 0 radical (unpaired) electrons. The number of rotatable bonds is 7. The molecule has 3 aromatic heterocycles. The molecule has 204 valence electrons. The quantitative estimate of drug-likeness (QED) is 0.315. The molecule has 1 fully saturated rings. The van der Waals surface area contributed by atoms with Crippen LogP contribution in [0.3, 0.4) is 0 Å². The lowest BCUT2D eigenvalue weighted by molar-refractivity contribution is -0.186. The van der Waals surface area contributed by atoms with Crippen molar-refractivity contribution in [2.45, 2.75) is 34.7 Å². The van der Waals surface area contributed by atoms with E-state index in [-0.39, 0.29) is 11.3 Å². The molecule has 1 aromatic carbocycles. The summed E-state index contributed by atoms with van der Waals surface area (Å²) in [5.41, 5.74) is 0.300. The molecule has 39 heavy (non-hydrogen) atoms. The van der Waals surface area contributed by atoms with Gasteiger partial charge in [-0.25, -0.2) is 17.9 Å². The van der Waals surface area contributed by atoms with E-state index in [4.69, 9.17) is 21.1 Å². The smallest absolute Gasteiger partial charge is 0.194 e. The first-order valence-corrected chi connectivity index (χ1v) is 12.8. The van der Waals surface area contributed by atoms with Gasteiger partial charge < -0.3 is 19.7 Å². The first kappa shape index (κ1) is 27.5. The average Bonchev–Trinajstić information content (AvgIpc) is 3.42. The van der Waals surface area contributed by atoms with Crippen molar-refractivity contribution < 1.29 is 32.9 Å². The highest BCUT2D eigenvalue weighted by molar-refractivity contribution is 8.00. The fourth-order valence-corrected chi connectivity index (χ4v) is 5.84. The molecular weight excluding hydrogens is 559 g/mol. The Labute approximate surface area is 229 Å². The van der Waals surface area contributed by atoms with Crippen LogP contribution in [0.25, 0.3) is 22.6 Å². The number of aliphatic hydroxyl groups excluding tert-OH is 2. The molecule has 0 aliphatic carbocycles. The van der Waals surface area contributed by atoms with Gasteiger partial charge in [-0.1, -0.05) is 34.6 Å². The molecule has 0 spiro atoms. The van der Waals surface area contributed by atoms with E-state index in [2.05, 4.69) is 20.3 Å². The van der Waals surface area contributed by atoms with Gasteiger partial charge in [0.1, 0.15) is 41.2 Å². The van der Waals surface area contributed by atoms with Crippen molar-refractivity contribution in [1.29, 1.82) is 0 Å². The Morgan fingerprint density at radius 3 is 2.56 bits per heavy atom. The van der Waals surface area contributed by atoms with Crippen LogP contribution in [0.4, 0.5) is 13.2 Å². The van der Waals surface area contributed by atoms with Crippen molar-refractivity contribution >= 4 is 23.4 Å². The van der Waals surface area contributed by atoms with Gasteiger partial charge in [-0.3, -0.25) is 9.97 Å². The molecule has 1 aliphatic rings. The predicted octanol–water partition coefficient (Wildman–Crippen LogP) is 3.90. The summed E-state index contributed by atoms with van der Waals surface area (Å²) in [5, 5.41) is 29.4. The summed E-state index contributed by atoms with van der Waals surface area (Å²) >= 11 is 7.44.